The first-order chi connectivity index (χ1) is 10.0. The topological polar surface area (TPSA) is 59.2 Å². The summed E-state index contributed by atoms with van der Waals surface area (Å²) in [7, 11) is -1.95. The predicted octanol–water partition coefficient (Wildman–Crippen LogP) is 3.32. The van der Waals surface area contributed by atoms with Crippen LogP contribution in [0, 0.1) is 6.92 Å². The number of rotatable bonds is 3. The number of aryl methyl sites for hydroxylation is 1. The second-order valence-corrected chi connectivity index (χ2v) is 6.82. The quantitative estimate of drug-likeness (QED) is 0.807. The van der Waals surface area contributed by atoms with Crippen molar-refractivity contribution in [2.24, 2.45) is 0 Å². The molecule has 0 saturated heterocycles. The van der Waals surface area contributed by atoms with Gasteiger partial charge in [0.2, 0.25) is 9.84 Å². The molecule has 0 aliphatic heterocycles. The second-order valence-electron chi connectivity index (χ2n) is 4.90. The van der Waals surface area contributed by atoms with Crippen LogP contribution >= 0.6 is 0 Å². The first kappa shape index (κ1) is 13.7. The number of hydrogen-bond donors (Lipinski definition) is 1. The summed E-state index contributed by atoms with van der Waals surface area (Å²) in [5.41, 5.74) is 1.79. The number of aromatic amines is 1. The fraction of sp³-hybridized carbons (Fsp3) is 0.125. The SMILES string of the molecule is COc1ccc2[nH]c(S(=O)(=O)c3ccc(C)cc3)cc2c1. The molecule has 5 heteroatoms. The molecular weight excluding hydrogens is 286 g/mol. The Morgan fingerprint density at radius 3 is 2.38 bits per heavy atom. The van der Waals surface area contributed by atoms with Crippen LogP contribution in [0.4, 0.5) is 0 Å². The second kappa shape index (κ2) is 4.93. The van der Waals surface area contributed by atoms with Crippen LogP contribution in [-0.4, -0.2) is 20.5 Å². The zero-order chi connectivity index (χ0) is 15.0. The maximum atomic E-state index is 12.6. The van der Waals surface area contributed by atoms with Crippen molar-refractivity contribution in [3.8, 4) is 5.75 Å². The predicted molar refractivity (Wildman–Crippen MR) is 81.5 cm³/mol. The van der Waals surface area contributed by atoms with E-state index in [1.807, 2.05) is 13.0 Å². The minimum Gasteiger partial charge on any atom is -0.497 e. The third-order valence-electron chi connectivity index (χ3n) is 3.42. The van der Waals surface area contributed by atoms with Gasteiger partial charge < -0.3 is 9.72 Å². The molecule has 1 heterocycles. The Labute approximate surface area is 123 Å². The highest BCUT2D eigenvalue weighted by Crippen LogP contribution is 2.27. The van der Waals surface area contributed by atoms with E-state index < -0.39 is 9.84 Å². The van der Waals surface area contributed by atoms with Crippen LogP contribution in [0.25, 0.3) is 10.9 Å². The van der Waals surface area contributed by atoms with Gasteiger partial charge in [0.1, 0.15) is 10.8 Å². The standard InChI is InChI=1S/C16H15NO3S/c1-11-3-6-14(7-4-11)21(18,19)16-10-12-9-13(20-2)5-8-15(12)17-16/h3-10,17H,1-2H3. The van der Waals surface area contributed by atoms with E-state index in [-0.39, 0.29) is 9.92 Å². The summed E-state index contributed by atoms with van der Waals surface area (Å²) in [6.07, 6.45) is 0. The van der Waals surface area contributed by atoms with E-state index in [0.717, 1.165) is 16.5 Å². The Hall–Kier alpha value is -2.27. The molecule has 1 N–H and O–H groups in total. The number of sulfone groups is 1. The molecule has 0 bridgehead atoms. The zero-order valence-electron chi connectivity index (χ0n) is 11.8. The van der Waals surface area contributed by atoms with Crippen LogP contribution in [0.15, 0.2) is 58.5 Å². The first-order valence-corrected chi connectivity index (χ1v) is 7.97. The monoisotopic (exact) mass is 301 g/mol. The van der Waals surface area contributed by atoms with Crippen LogP contribution in [-0.2, 0) is 9.84 Å². The van der Waals surface area contributed by atoms with Gasteiger partial charge in [-0.05, 0) is 43.3 Å². The number of nitrogens with one attached hydrogen (secondary N) is 1. The molecule has 0 unspecified atom stereocenters. The lowest BCUT2D eigenvalue weighted by Gasteiger charge is -2.02. The number of fused-ring (bicyclic) bond motifs is 1. The molecule has 108 valence electrons. The summed E-state index contributed by atoms with van der Waals surface area (Å²) < 4.78 is 30.4. The van der Waals surface area contributed by atoms with Crippen LogP contribution in [0.2, 0.25) is 0 Å². The highest BCUT2D eigenvalue weighted by Gasteiger charge is 2.20. The third kappa shape index (κ3) is 2.40. The smallest absolute Gasteiger partial charge is 0.221 e. The van der Waals surface area contributed by atoms with Gasteiger partial charge in [0.15, 0.2) is 0 Å². The Bertz CT molecular complexity index is 893. The van der Waals surface area contributed by atoms with Gasteiger partial charge in [-0.2, -0.15) is 0 Å². The van der Waals surface area contributed by atoms with E-state index in [9.17, 15) is 8.42 Å². The maximum Gasteiger partial charge on any atom is 0.221 e. The normalized spacial score (nSPS) is 11.7. The highest BCUT2D eigenvalue weighted by atomic mass is 32.2. The van der Waals surface area contributed by atoms with E-state index in [1.165, 1.54) is 0 Å². The van der Waals surface area contributed by atoms with E-state index >= 15 is 0 Å². The maximum absolute atomic E-state index is 12.6. The molecule has 0 amide bonds. The van der Waals surface area contributed by atoms with E-state index in [2.05, 4.69) is 4.98 Å². The fourth-order valence-corrected chi connectivity index (χ4v) is 3.47. The Morgan fingerprint density at radius 1 is 1.00 bits per heavy atom. The molecule has 21 heavy (non-hydrogen) atoms. The molecule has 3 rings (SSSR count). The molecule has 2 aromatic carbocycles. The van der Waals surface area contributed by atoms with Crippen molar-refractivity contribution in [3.63, 3.8) is 0 Å². The van der Waals surface area contributed by atoms with Gasteiger partial charge in [0, 0.05) is 10.9 Å². The molecule has 3 aromatic rings. The Kier molecular flexibility index (Phi) is 3.22. The lowest BCUT2D eigenvalue weighted by atomic mass is 10.2. The van der Waals surface area contributed by atoms with Crippen LogP contribution < -0.4 is 4.74 Å². The molecule has 0 atom stereocenters. The zero-order valence-corrected chi connectivity index (χ0v) is 12.6. The number of benzene rings is 2. The molecular formula is C16H15NO3S. The molecule has 0 spiro atoms. The van der Waals surface area contributed by atoms with E-state index in [4.69, 9.17) is 4.74 Å². The molecule has 0 aliphatic carbocycles. The molecule has 0 aliphatic rings. The Morgan fingerprint density at radius 2 is 1.71 bits per heavy atom. The summed E-state index contributed by atoms with van der Waals surface area (Å²) in [6, 6.07) is 13.9. The largest absolute Gasteiger partial charge is 0.497 e. The molecule has 0 fully saturated rings. The van der Waals surface area contributed by atoms with Crippen molar-refractivity contribution in [3.05, 3.63) is 54.1 Å². The minimum atomic E-state index is -3.53. The summed E-state index contributed by atoms with van der Waals surface area (Å²) >= 11 is 0. The average Bonchev–Trinajstić information content (AvgIpc) is 2.91. The third-order valence-corrected chi connectivity index (χ3v) is 5.12. The Balaban J connectivity index is 2.12. The summed E-state index contributed by atoms with van der Waals surface area (Å²) in [4.78, 5) is 3.24. The van der Waals surface area contributed by atoms with Gasteiger partial charge in [-0.25, -0.2) is 8.42 Å². The number of ether oxygens (including phenoxy) is 1. The number of aromatic nitrogens is 1. The van der Waals surface area contributed by atoms with Crippen molar-refractivity contribution in [2.75, 3.05) is 7.11 Å². The minimum absolute atomic E-state index is 0.189. The van der Waals surface area contributed by atoms with Gasteiger partial charge in [0.05, 0.1) is 12.0 Å². The molecule has 0 saturated carbocycles. The van der Waals surface area contributed by atoms with Crippen molar-refractivity contribution >= 4 is 20.7 Å². The lowest BCUT2D eigenvalue weighted by molar-refractivity contribution is 0.415. The van der Waals surface area contributed by atoms with Gasteiger partial charge in [-0.15, -0.1) is 0 Å². The average molecular weight is 301 g/mol. The molecule has 1 aromatic heterocycles. The van der Waals surface area contributed by atoms with E-state index in [0.29, 0.717) is 5.75 Å². The van der Waals surface area contributed by atoms with E-state index in [1.54, 1.807) is 49.6 Å². The van der Waals surface area contributed by atoms with Crippen molar-refractivity contribution in [1.82, 2.24) is 4.98 Å². The number of H-pyrrole nitrogens is 1. The highest BCUT2D eigenvalue weighted by molar-refractivity contribution is 7.91. The van der Waals surface area contributed by atoms with Gasteiger partial charge in [-0.1, -0.05) is 17.7 Å². The van der Waals surface area contributed by atoms with Crippen LogP contribution in [0.3, 0.4) is 0 Å². The summed E-state index contributed by atoms with van der Waals surface area (Å²) in [5.74, 6) is 0.695. The number of methoxy groups -OCH3 is 1. The molecule has 4 nitrogen and oxygen atoms in total. The summed E-state index contributed by atoms with van der Waals surface area (Å²) in [5, 5.41) is 0.995. The van der Waals surface area contributed by atoms with Crippen molar-refractivity contribution < 1.29 is 13.2 Å². The fourth-order valence-electron chi connectivity index (χ4n) is 2.20. The van der Waals surface area contributed by atoms with Gasteiger partial charge in [-0.3, -0.25) is 0 Å². The van der Waals surface area contributed by atoms with Gasteiger partial charge >= 0.3 is 0 Å². The summed E-state index contributed by atoms with van der Waals surface area (Å²) in [6.45, 7) is 1.92. The molecule has 0 radical (unpaired) electrons. The van der Waals surface area contributed by atoms with Crippen molar-refractivity contribution in [1.29, 1.82) is 0 Å². The van der Waals surface area contributed by atoms with Crippen LogP contribution in [0.1, 0.15) is 5.56 Å². The van der Waals surface area contributed by atoms with Gasteiger partial charge in [0.25, 0.3) is 0 Å². The van der Waals surface area contributed by atoms with Crippen molar-refractivity contribution in [2.45, 2.75) is 16.8 Å². The van der Waals surface area contributed by atoms with Crippen LogP contribution in [0.5, 0.6) is 5.75 Å². The number of hydrogen-bond acceptors (Lipinski definition) is 3. The first-order valence-electron chi connectivity index (χ1n) is 6.49. The lowest BCUT2D eigenvalue weighted by Crippen LogP contribution is -2.02.